The highest BCUT2D eigenvalue weighted by Crippen LogP contribution is 2.21. The third kappa shape index (κ3) is 3.26. The summed E-state index contributed by atoms with van der Waals surface area (Å²) >= 11 is 0. The first-order valence-electron chi connectivity index (χ1n) is 6.44. The molecule has 0 radical (unpaired) electrons. The average Bonchev–Trinajstić information content (AvgIpc) is 2.66. The Bertz CT molecular complexity index is 556. The van der Waals surface area contributed by atoms with Crippen molar-refractivity contribution < 1.29 is 18.7 Å². The van der Waals surface area contributed by atoms with E-state index in [2.05, 4.69) is 9.97 Å². The number of hydrogen-bond acceptors (Lipinski definition) is 5. The average molecular weight is 296 g/mol. The number of aromatic nitrogens is 2. The van der Waals surface area contributed by atoms with Crippen LogP contribution in [0.2, 0.25) is 0 Å². The maximum absolute atomic E-state index is 12.8. The van der Waals surface area contributed by atoms with Gasteiger partial charge in [0.1, 0.15) is 11.6 Å². The highest BCUT2D eigenvalue weighted by molar-refractivity contribution is 5.97. The van der Waals surface area contributed by atoms with Crippen molar-refractivity contribution in [3.63, 3.8) is 0 Å². The Kier molecular flexibility index (Phi) is 3.80. The van der Waals surface area contributed by atoms with Crippen LogP contribution in [0.25, 0.3) is 0 Å². The second-order valence-electron chi connectivity index (χ2n) is 5.75. The molecule has 0 bridgehead atoms. The first-order chi connectivity index (χ1) is 9.69. The number of ether oxygens (including phenoxy) is 1. The fraction of sp³-hybridized carbons (Fsp3) is 0.538. The minimum Gasteiger partial charge on any atom is -0.458 e. The second-order valence-corrected chi connectivity index (χ2v) is 5.75. The molecule has 0 aromatic carbocycles. The molecule has 8 heteroatoms. The van der Waals surface area contributed by atoms with Crippen LogP contribution in [0.5, 0.6) is 0 Å². The van der Waals surface area contributed by atoms with Crippen molar-refractivity contribution in [2.24, 2.45) is 0 Å². The van der Waals surface area contributed by atoms with Crippen molar-refractivity contribution in [1.29, 1.82) is 0 Å². The van der Waals surface area contributed by atoms with Crippen molar-refractivity contribution >= 4 is 17.9 Å². The van der Waals surface area contributed by atoms with E-state index < -0.39 is 29.5 Å². The van der Waals surface area contributed by atoms with Gasteiger partial charge in [-0.3, -0.25) is 4.90 Å². The van der Waals surface area contributed by atoms with Gasteiger partial charge >= 0.3 is 12.0 Å². The molecule has 1 aliphatic heterocycles. The number of carbonyl (C=O) groups excluding carboxylic acids is 2. The van der Waals surface area contributed by atoms with Crippen molar-refractivity contribution in [1.82, 2.24) is 14.9 Å². The third-order valence-electron chi connectivity index (χ3n) is 2.88. The molecule has 0 saturated carbocycles. The van der Waals surface area contributed by atoms with Crippen LogP contribution in [-0.4, -0.2) is 52.1 Å². The van der Waals surface area contributed by atoms with Crippen LogP contribution in [-0.2, 0) is 9.53 Å². The maximum atomic E-state index is 12.8. The summed E-state index contributed by atoms with van der Waals surface area (Å²) in [6.45, 7) is 5.32. The minimum absolute atomic E-state index is 0.0549. The van der Waals surface area contributed by atoms with Gasteiger partial charge in [-0.2, -0.15) is 0 Å². The summed E-state index contributed by atoms with van der Waals surface area (Å²) in [5.41, 5.74) is -0.638. The van der Waals surface area contributed by atoms with Gasteiger partial charge in [-0.05, 0) is 20.8 Å². The van der Waals surface area contributed by atoms with E-state index in [0.717, 1.165) is 12.4 Å². The van der Waals surface area contributed by atoms with Gasteiger partial charge in [-0.15, -0.1) is 0 Å². The smallest absolute Gasteiger partial charge is 0.331 e. The second kappa shape index (κ2) is 5.27. The normalized spacial score (nSPS) is 19.1. The van der Waals surface area contributed by atoms with E-state index in [1.54, 1.807) is 20.8 Å². The zero-order valence-electron chi connectivity index (χ0n) is 12.3. The lowest BCUT2D eigenvalue weighted by Gasteiger charge is -2.24. The molecule has 1 fully saturated rings. The molecular formula is C13H17FN4O3. The zero-order chi connectivity index (χ0) is 15.8. The lowest BCUT2D eigenvalue weighted by molar-refractivity contribution is -0.158. The maximum Gasteiger partial charge on any atom is 0.331 e. The van der Waals surface area contributed by atoms with Gasteiger partial charge in [0.2, 0.25) is 5.95 Å². The Balaban J connectivity index is 2.16. The van der Waals surface area contributed by atoms with Crippen molar-refractivity contribution in [2.45, 2.75) is 32.4 Å². The molecule has 1 atom stereocenters. The van der Waals surface area contributed by atoms with Crippen molar-refractivity contribution in [3.05, 3.63) is 18.2 Å². The van der Waals surface area contributed by atoms with Crippen LogP contribution in [0.15, 0.2) is 12.4 Å². The van der Waals surface area contributed by atoms with E-state index in [9.17, 15) is 14.0 Å². The minimum atomic E-state index is -0.745. The molecule has 2 rings (SSSR count). The topological polar surface area (TPSA) is 75.6 Å². The van der Waals surface area contributed by atoms with Crippen molar-refractivity contribution in [3.8, 4) is 0 Å². The highest BCUT2D eigenvalue weighted by atomic mass is 19.1. The molecule has 0 aliphatic carbocycles. The van der Waals surface area contributed by atoms with E-state index >= 15 is 0 Å². The van der Waals surface area contributed by atoms with Crippen LogP contribution in [0, 0.1) is 5.82 Å². The van der Waals surface area contributed by atoms with Crippen LogP contribution >= 0.6 is 0 Å². The fourth-order valence-electron chi connectivity index (χ4n) is 1.91. The molecule has 2 heterocycles. The van der Waals surface area contributed by atoms with E-state index in [4.69, 9.17) is 4.74 Å². The Morgan fingerprint density at radius 3 is 2.48 bits per heavy atom. The van der Waals surface area contributed by atoms with Crippen LogP contribution in [0.1, 0.15) is 20.8 Å². The van der Waals surface area contributed by atoms with Crippen LogP contribution in [0.4, 0.5) is 15.1 Å². The van der Waals surface area contributed by atoms with Crippen LogP contribution in [0.3, 0.4) is 0 Å². The summed E-state index contributed by atoms with van der Waals surface area (Å²) in [6, 6.07) is -1.18. The molecular weight excluding hydrogens is 279 g/mol. The predicted molar refractivity (Wildman–Crippen MR) is 72.1 cm³/mol. The van der Waals surface area contributed by atoms with Gasteiger partial charge in [0.15, 0.2) is 5.82 Å². The fourth-order valence-corrected chi connectivity index (χ4v) is 1.91. The van der Waals surface area contributed by atoms with Gasteiger partial charge < -0.3 is 9.64 Å². The Morgan fingerprint density at radius 1 is 1.38 bits per heavy atom. The number of likely N-dealkylation sites (N-methyl/N-ethyl adjacent to an activating group) is 1. The first-order valence-corrected chi connectivity index (χ1v) is 6.44. The molecule has 1 aromatic heterocycles. The summed E-state index contributed by atoms with van der Waals surface area (Å²) in [6.07, 6.45) is 1.94. The summed E-state index contributed by atoms with van der Waals surface area (Å²) in [7, 11) is 1.50. The quantitative estimate of drug-likeness (QED) is 0.766. The summed E-state index contributed by atoms with van der Waals surface area (Å²) in [4.78, 5) is 34.2. The monoisotopic (exact) mass is 296 g/mol. The largest absolute Gasteiger partial charge is 0.458 e. The lowest BCUT2D eigenvalue weighted by atomic mass is 10.2. The van der Waals surface area contributed by atoms with E-state index in [0.29, 0.717) is 0 Å². The van der Waals surface area contributed by atoms with Gasteiger partial charge in [0.05, 0.1) is 18.9 Å². The SMILES string of the molecule is CN1C(=O)N(c2ncc(F)cn2)CC1C(=O)OC(C)(C)C. The number of halogens is 1. The number of anilines is 1. The van der Waals surface area contributed by atoms with E-state index in [-0.39, 0.29) is 12.5 Å². The van der Waals surface area contributed by atoms with E-state index in [1.165, 1.54) is 16.8 Å². The Hall–Kier alpha value is -2.25. The molecule has 114 valence electrons. The molecule has 1 unspecified atom stereocenters. The summed E-state index contributed by atoms with van der Waals surface area (Å²) in [5.74, 6) is -1.04. The van der Waals surface area contributed by atoms with Crippen molar-refractivity contribution in [2.75, 3.05) is 18.5 Å². The number of amides is 2. The lowest BCUT2D eigenvalue weighted by Crippen LogP contribution is -2.40. The van der Waals surface area contributed by atoms with Gasteiger partial charge in [0, 0.05) is 7.05 Å². The number of nitrogens with zero attached hydrogens (tertiary/aromatic N) is 4. The number of urea groups is 1. The molecule has 0 N–H and O–H groups in total. The van der Waals surface area contributed by atoms with Crippen LogP contribution < -0.4 is 4.90 Å². The molecule has 1 aliphatic rings. The number of rotatable bonds is 2. The Morgan fingerprint density at radius 2 is 1.95 bits per heavy atom. The molecule has 7 nitrogen and oxygen atoms in total. The van der Waals surface area contributed by atoms with Gasteiger partial charge in [-0.25, -0.2) is 23.9 Å². The Labute approximate surface area is 121 Å². The first kappa shape index (κ1) is 15.1. The standard InChI is InChI=1S/C13H17FN4O3/c1-13(2,3)21-10(19)9-7-18(12(20)17(9)4)11-15-5-8(14)6-16-11/h5-6,9H,7H2,1-4H3. The molecule has 0 spiro atoms. The molecule has 1 aromatic rings. The van der Waals surface area contributed by atoms with Gasteiger partial charge in [0.25, 0.3) is 0 Å². The molecule has 1 saturated heterocycles. The number of carbonyl (C=O) groups is 2. The van der Waals surface area contributed by atoms with Gasteiger partial charge in [-0.1, -0.05) is 0 Å². The number of esters is 1. The third-order valence-corrected chi connectivity index (χ3v) is 2.88. The predicted octanol–water partition coefficient (Wildman–Crippen LogP) is 1.20. The molecule has 21 heavy (non-hydrogen) atoms. The highest BCUT2D eigenvalue weighted by Gasteiger charge is 2.42. The molecule has 2 amide bonds. The van der Waals surface area contributed by atoms with E-state index in [1.807, 2.05) is 0 Å². The summed E-state index contributed by atoms with van der Waals surface area (Å²) in [5, 5.41) is 0. The zero-order valence-corrected chi connectivity index (χ0v) is 12.3. The number of hydrogen-bond donors (Lipinski definition) is 0. The summed E-state index contributed by atoms with van der Waals surface area (Å²) < 4.78 is 18.1.